The Hall–Kier alpha value is -0.333. The first-order chi connectivity index (χ1) is 7.78. The minimum absolute atomic E-state index is 0.170. The number of hydrogen-bond donors (Lipinski definition) is 0. The van der Waals surface area contributed by atoms with E-state index in [-0.39, 0.29) is 11.1 Å². The molecule has 0 heterocycles. The Morgan fingerprint density at radius 1 is 1.18 bits per heavy atom. The molecule has 0 aromatic heterocycles. The van der Waals surface area contributed by atoms with E-state index in [9.17, 15) is 5.26 Å². The molecule has 17 heavy (non-hydrogen) atoms. The van der Waals surface area contributed by atoms with Crippen LogP contribution in [0.5, 0.6) is 0 Å². The maximum atomic E-state index is 9.35. The maximum absolute atomic E-state index is 9.35. The number of nitrogens with zero attached hydrogens (tertiary/aromatic N) is 1. The van der Waals surface area contributed by atoms with Crippen molar-refractivity contribution in [3.05, 3.63) is 0 Å². The molecule has 0 bridgehead atoms. The van der Waals surface area contributed by atoms with Crippen LogP contribution >= 0.6 is 0 Å². The molecule has 1 saturated carbocycles. The predicted octanol–water partition coefficient (Wildman–Crippen LogP) is 4.48. The Morgan fingerprint density at radius 2 is 1.71 bits per heavy atom. The largest absolute Gasteiger partial charge is 0.401 e. The Bertz CT molecular complexity index is 282. The van der Waals surface area contributed by atoms with Crippen LogP contribution < -0.4 is 0 Å². The van der Waals surface area contributed by atoms with Gasteiger partial charge in [-0.1, -0.05) is 40.0 Å². The third kappa shape index (κ3) is 3.82. The highest BCUT2D eigenvalue weighted by molar-refractivity contribution is 6.74. The molecule has 0 aromatic carbocycles. The minimum atomic E-state index is -1.80. The maximum Gasteiger partial charge on any atom is 0.193 e. The quantitative estimate of drug-likeness (QED) is 0.695. The molecular formula is C14H27NOSi. The van der Waals surface area contributed by atoms with Crippen LogP contribution in [0.4, 0.5) is 0 Å². The van der Waals surface area contributed by atoms with Crippen LogP contribution in [0, 0.1) is 17.2 Å². The van der Waals surface area contributed by atoms with Gasteiger partial charge in [0.1, 0.15) is 6.10 Å². The molecule has 1 aliphatic carbocycles. The average molecular weight is 253 g/mol. The van der Waals surface area contributed by atoms with E-state index in [2.05, 4.69) is 39.9 Å². The van der Waals surface area contributed by atoms with Gasteiger partial charge in [0.2, 0.25) is 0 Å². The summed E-state index contributed by atoms with van der Waals surface area (Å²) in [7, 11) is -1.80. The summed E-state index contributed by atoms with van der Waals surface area (Å²) in [5.41, 5.74) is 0. The van der Waals surface area contributed by atoms with Crippen molar-refractivity contribution in [2.45, 2.75) is 77.1 Å². The smallest absolute Gasteiger partial charge is 0.193 e. The van der Waals surface area contributed by atoms with Gasteiger partial charge in [0.15, 0.2) is 8.32 Å². The molecule has 0 spiro atoms. The molecule has 1 fully saturated rings. The van der Waals surface area contributed by atoms with E-state index in [0.29, 0.717) is 5.92 Å². The van der Waals surface area contributed by atoms with Gasteiger partial charge < -0.3 is 4.43 Å². The summed E-state index contributed by atoms with van der Waals surface area (Å²) in [6.45, 7) is 11.2. The third-order valence-electron chi connectivity index (χ3n) is 4.43. The second-order valence-electron chi connectivity index (χ2n) is 6.83. The average Bonchev–Trinajstić information content (AvgIpc) is 2.25. The van der Waals surface area contributed by atoms with Gasteiger partial charge in [0.05, 0.1) is 6.07 Å². The van der Waals surface area contributed by atoms with Gasteiger partial charge in [-0.05, 0) is 36.9 Å². The fourth-order valence-corrected chi connectivity index (χ4v) is 3.39. The van der Waals surface area contributed by atoms with Crippen molar-refractivity contribution in [3.8, 4) is 6.07 Å². The molecule has 1 rings (SSSR count). The van der Waals surface area contributed by atoms with E-state index in [1.165, 1.54) is 32.1 Å². The van der Waals surface area contributed by atoms with Crippen molar-refractivity contribution in [1.29, 1.82) is 5.26 Å². The zero-order valence-electron chi connectivity index (χ0n) is 12.0. The van der Waals surface area contributed by atoms with Gasteiger partial charge in [-0.15, -0.1) is 0 Å². The topological polar surface area (TPSA) is 33.0 Å². The first kappa shape index (κ1) is 14.7. The number of hydrogen-bond acceptors (Lipinski definition) is 2. The first-order valence-electron chi connectivity index (χ1n) is 6.85. The van der Waals surface area contributed by atoms with Gasteiger partial charge in [0.25, 0.3) is 0 Å². The molecule has 98 valence electrons. The lowest BCUT2D eigenvalue weighted by molar-refractivity contribution is 0.138. The lowest BCUT2D eigenvalue weighted by Gasteiger charge is -2.40. The second-order valence-corrected chi connectivity index (χ2v) is 11.6. The third-order valence-corrected chi connectivity index (χ3v) is 8.89. The molecule has 3 heteroatoms. The van der Waals surface area contributed by atoms with Crippen molar-refractivity contribution >= 4 is 8.32 Å². The van der Waals surface area contributed by atoms with Gasteiger partial charge in [-0.25, -0.2) is 0 Å². The zero-order chi connectivity index (χ0) is 13.1. The number of rotatable bonds is 3. The summed E-state index contributed by atoms with van der Waals surface area (Å²) < 4.78 is 6.27. The lowest BCUT2D eigenvalue weighted by atomic mass is 9.86. The summed E-state index contributed by atoms with van der Waals surface area (Å²) in [6.07, 6.45) is 6.04. The van der Waals surface area contributed by atoms with Crippen molar-refractivity contribution < 1.29 is 4.43 Å². The molecule has 2 nitrogen and oxygen atoms in total. The Morgan fingerprint density at radius 3 is 2.12 bits per heavy atom. The van der Waals surface area contributed by atoms with E-state index in [0.717, 1.165) is 0 Å². The fraction of sp³-hybridized carbons (Fsp3) is 0.929. The van der Waals surface area contributed by atoms with Crippen LogP contribution in [0.2, 0.25) is 18.1 Å². The standard InChI is InChI=1S/C14H27NOSi/c1-14(2,3)17(4,5)16-13(11-15)12-9-7-6-8-10-12/h12-13H,6-10H2,1-5H3. The molecule has 1 atom stereocenters. The molecule has 1 unspecified atom stereocenters. The highest BCUT2D eigenvalue weighted by atomic mass is 28.4. The summed E-state index contributed by atoms with van der Waals surface area (Å²) in [6, 6.07) is 2.41. The predicted molar refractivity (Wildman–Crippen MR) is 74.3 cm³/mol. The zero-order valence-corrected chi connectivity index (χ0v) is 13.0. The Balaban J connectivity index is 2.66. The minimum Gasteiger partial charge on any atom is -0.401 e. The summed E-state index contributed by atoms with van der Waals surface area (Å²) in [5, 5.41) is 9.55. The first-order valence-corrected chi connectivity index (χ1v) is 9.76. The molecule has 0 aromatic rings. The highest BCUT2D eigenvalue weighted by Gasteiger charge is 2.40. The lowest BCUT2D eigenvalue weighted by Crippen LogP contribution is -2.45. The van der Waals surface area contributed by atoms with Gasteiger partial charge >= 0.3 is 0 Å². The molecule has 0 radical (unpaired) electrons. The Kier molecular flexibility index (Phi) is 4.80. The highest BCUT2D eigenvalue weighted by Crippen LogP contribution is 2.39. The van der Waals surface area contributed by atoms with Crippen LogP contribution in [0.3, 0.4) is 0 Å². The van der Waals surface area contributed by atoms with E-state index < -0.39 is 8.32 Å². The van der Waals surface area contributed by atoms with E-state index >= 15 is 0 Å². The van der Waals surface area contributed by atoms with Crippen LogP contribution in [0.15, 0.2) is 0 Å². The van der Waals surface area contributed by atoms with Crippen molar-refractivity contribution in [2.75, 3.05) is 0 Å². The van der Waals surface area contributed by atoms with E-state index in [1.807, 2.05) is 0 Å². The van der Waals surface area contributed by atoms with Crippen LogP contribution in [-0.4, -0.2) is 14.4 Å². The van der Waals surface area contributed by atoms with Crippen molar-refractivity contribution in [3.63, 3.8) is 0 Å². The molecule has 0 aliphatic heterocycles. The molecule has 0 saturated heterocycles. The monoisotopic (exact) mass is 253 g/mol. The van der Waals surface area contributed by atoms with Crippen LogP contribution in [0.1, 0.15) is 52.9 Å². The second kappa shape index (κ2) is 5.54. The van der Waals surface area contributed by atoms with Crippen LogP contribution in [-0.2, 0) is 4.43 Å². The van der Waals surface area contributed by atoms with Crippen molar-refractivity contribution in [1.82, 2.24) is 0 Å². The van der Waals surface area contributed by atoms with Gasteiger partial charge in [0, 0.05) is 0 Å². The Labute approximate surface area is 107 Å². The molecule has 0 amide bonds. The molecular weight excluding hydrogens is 226 g/mol. The van der Waals surface area contributed by atoms with E-state index in [1.54, 1.807) is 0 Å². The van der Waals surface area contributed by atoms with E-state index in [4.69, 9.17) is 4.43 Å². The number of nitriles is 1. The van der Waals surface area contributed by atoms with Gasteiger partial charge in [-0.3, -0.25) is 0 Å². The molecule has 1 aliphatic rings. The molecule has 0 N–H and O–H groups in total. The summed E-state index contributed by atoms with van der Waals surface area (Å²) >= 11 is 0. The van der Waals surface area contributed by atoms with Crippen molar-refractivity contribution in [2.24, 2.45) is 5.92 Å². The summed E-state index contributed by atoms with van der Waals surface area (Å²) in [5.74, 6) is 0.475. The fourth-order valence-electron chi connectivity index (χ4n) is 2.16. The normalized spacial score (nSPS) is 20.9. The van der Waals surface area contributed by atoms with Crippen LogP contribution in [0.25, 0.3) is 0 Å². The summed E-state index contributed by atoms with van der Waals surface area (Å²) in [4.78, 5) is 0. The SMILES string of the molecule is CC(C)(C)[Si](C)(C)OC(C#N)C1CCCCC1. The van der Waals surface area contributed by atoms with Gasteiger partial charge in [-0.2, -0.15) is 5.26 Å².